The standard InChI is InChI=1S/C13H12OS2/c1-15-13-11(8-5-9-16-13)12(14)10-6-3-2-4-7-10/h2-7,9H,8H2,1H3. The number of hydrogen-bond donors (Lipinski definition) is 0. The molecule has 0 bridgehead atoms. The maximum Gasteiger partial charge on any atom is 0.190 e. The molecule has 0 saturated heterocycles. The Morgan fingerprint density at radius 2 is 2.06 bits per heavy atom. The van der Waals surface area contributed by atoms with Crippen LogP contribution >= 0.6 is 23.5 Å². The number of rotatable bonds is 3. The Morgan fingerprint density at radius 3 is 2.75 bits per heavy atom. The zero-order valence-corrected chi connectivity index (χ0v) is 10.6. The average molecular weight is 248 g/mol. The normalized spacial score (nSPS) is 15.3. The molecule has 0 fully saturated rings. The van der Waals surface area contributed by atoms with E-state index in [0.717, 1.165) is 21.8 Å². The summed E-state index contributed by atoms with van der Waals surface area (Å²) in [5.74, 6) is 0.154. The van der Waals surface area contributed by atoms with Crippen LogP contribution in [0.3, 0.4) is 0 Å². The van der Waals surface area contributed by atoms with Crippen LogP contribution in [0.2, 0.25) is 0 Å². The van der Waals surface area contributed by atoms with Crippen molar-refractivity contribution in [1.29, 1.82) is 0 Å². The molecular formula is C13H12OS2. The maximum atomic E-state index is 12.3. The van der Waals surface area contributed by atoms with Gasteiger partial charge in [-0.3, -0.25) is 4.79 Å². The summed E-state index contributed by atoms with van der Waals surface area (Å²) in [5.41, 5.74) is 1.70. The molecule has 16 heavy (non-hydrogen) atoms. The fourth-order valence-electron chi connectivity index (χ4n) is 1.55. The van der Waals surface area contributed by atoms with Crippen molar-refractivity contribution < 1.29 is 4.79 Å². The molecule has 0 amide bonds. The molecule has 0 radical (unpaired) electrons. The molecule has 3 heteroatoms. The lowest BCUT2D eigenvalue weighted by Gasteiger charge is -2.13. The summed E-state index contributed by atoms with van der Waals surface area (Å²) in [6, 6.07) is 9.47. The second-order valence-electron chi connectivity index (χ2n) is 3.36. The minimum Gasteiger partial charge on any atom is -0.289 e. The van der Waals surface area contributed by atoms with Crippen LogP contribution in [0.4, 0.5) is 0 Å². The first-order valence-electron chi connectivity index (χ1n) is 5.01. The summed E-state index contributed by atoms with van der Waals surface area (Å²) < 4.78 is 1.12. The van der Waals surface area contributed by atoms with E-state index in [0.29, 0.717) is 0 Å². The lowest BCUT2D eigenvalue weighted by molar-refractivity contribution is 0.103. The van der Waals surface area contributed by atoms with E-state index in [1.807, 2.05) is 48.1 Å². The van der Waals surface area contributed by atoms with E-state index in [1.54, 1.807) is 23.5 Å². The largest absolute Gasteiger partial charge is 0.289 e. The summed E-state index contributed by atoms with van der Waals surface area (Å²) in [5, 5.41) is 2.05. The van der Waals surface area contributed by atoms with Gasteiger partial charge in [0.1, 0.15) is 0 Å². The highest BCUT2D eigenvalue weighted by atomic mass is 32.2. The first-order valence-corrected chi connectivity index (χ1v) is 7.12. The van der Waals surface area contributed by atoms with Gasteiger partial charge in [0.15, 0.2) is 5.78 Å². The Bertz CT molecular complexity index is 446. The third kappa shape index (κ3) is 2.42. The molecule has 2 rings (SSSR count). The zero-order chi connectivity index (χ0) is 11.4. The molecule has 1 aliphatic rings. The molecule has 1 heterocycles. The van der Waals surface area contributed by atoms with Crippen LogP contribution in [0.15, 0.2) is 51.6 Å². The van der Waals surface area contributed by atoms with Gasteiger partial charge in [-0.1, -0.05) is 48.2 Å². The molecule has 0 N–H and O–H groups in total. The summed E-state index contributed by atoms with van der Waals surface area (Å²) in [4.78, 5) is 12.3. The van der Waals surface area contributed by atoms with Crippen LogP contribution < -0.4 is 0 Å². The Hall–Kier alpha value is -0.930. The van der Waals surface area contributed by atoms with E-state index in [9.17, 15) is 4.79 Å². The van der Waals surface area contributed by atoms with E-state index in [4.69, 9.17) is 0 Å². The van der Waals surface area contributed by atoms with Crippen molar-refractivity contribution in [3.8, 4) is 0 Å². The van der Waals surface area contributed by atoms with E-state index in [1.165, 1.54) is 0 Å². The molecule has 1 aliphatic heterocycles. The second kappa shape index (κ2) is 5.41. The fourth-order valence-corrected chi connectivity index (χ4v) is 3.16. The Labute approximate surface area is 104 Å². The van der Waals surface area contributed by atoms with Crippen LogP contribution in [-0.4, -0.2) is 12.0 Å². The van der Waals surface area contributed by atoms with Gasteiger partial charge in [-0.2, -0.15) is 0 Å². The first-order chi connectivity index (χ1) is 7.83. The van der Waals surface area contributed by atoms with Gasteiger partial charge in [-0.25, -0.2) is 0 Å². The fraction of sp³-hybridized carbons (Fsp3) is 0.154. The number of allylic oxidation sites excluding steroid dienone is 2. The molecule has 1 aromatic rings. The molecule has 0 aromatic heterocycles. The van der Waals surface area contributed by atoms with Gasteiger partial charge in [-0.15, -0.1) is 11.8 Å². The van der Waals surface area contributed by atoms with Crippen molar-refractivity contribution in [2.75, 3.05) is 6.26 Å². The maximum absolute atomic E-state index is 12.3. The smallest absolute Gasteiger partial charge is 0.190 e. The number of thioether (sulfide) groups is 2. The molecule has 0 aliphatic carbocycles. The van der Waals surface area contributed by atoms with Gasteiger partial charge >= 0.3 is 0 Å². The molecule has 0 spiro atoms. The molecular weight excluding hydrogens is 236 g/mol. The Balaban J connectivity index is 2.31. The topological polar surface area (TPSA) is 17.1 Å². The zero-order valence-electron chi connectivity index (χ0n) is 8.97. The number of carbonyl (C=O) groups excluding carboxylic acids is 1. The van der Waals surface area contributed by atoms with E-state index < -0.39 is 0 Å². The van der Waals surface area contributed by atoms with Crippen LogP contribution in [0.25, 0.3) is 0 Å². The molecule has 0 unspecified atom stereocenters. The van der Waals surface area contributed by atoms with E-state index in [2.05, 4.69) is 0 Å². The predicted octanol–water partition coefficient (Wildman–Crippen LogP) is 4.09. The number of benzene rings is 1. The van der Waals surface area contributed by atoms with Gasteiger partial charge in [0.2, 0.25) is 0 Å². The number of carbonyl (C=O) groups is 1. The van der Waals surface area contributed by atoms with Crippen LogP contribution in [0.1, 0.15) is 16.8 Å². The molecule has 1 aromatic carbocycles. The van der Waals surface area contributed by atoms with Crippen molar-refractivity contribution in [2.45, 2.75) is 6.42 Å². The minimum absolute atomic E-state index is 0.154. The number of ketones is 1. The number of hydrogen-bond acceptors (Lipinski definition) is 3. The molecule has 0 saturated carbocycles. The second-order valence-corrected chi connectivity index (χ2v) is 5.35. The van der Waals surface area contributed by atoms with Crippen molar-refractivity contribution in [1.82, 2.24) is 0 Å². The summed E-state index contributed by atoms with van der Waals surface area (Å²) in [7, 11) is 0. The van der Waals surface area contributed by atoms with Gasteiger partial charge in [0, 0.05) is 11.1 Å². The first kappa shape index (κ1) is 11.6. The monoisotopic (exact) mass is 248 g/mol. The molecule has 82 valence electrons. The minimum atomic E-state index is 0.154. The van der Waals surface area contributed by atoms with Crippen molar-refractivity contribution in [3.63, 3.8) is 0 Å². The summed E-state index contributed by atoms with van der Waals surface area (Å²) in [6.45, 7) is 0. The lowest BCUT2D eigenvalue weighted by atomic mass is 10.0. The third-order valence-electron chi connectivity index (χ3n) is 2.34. The molecule has 0 atom stereocenters. The van der Waals surface area contributed by atoms with Gasteiger partial charge < -0.3 is 0 Å². The van der Waals surface area contributed by atoms with Crippen LogP contribution in [-0.2, 0) is 0 Å². The van der Waals surface area contributed by atoms with Gasteiger partial charge in [-0.05, 0) is 18.1 Å². The van der Waals surface area contributed by atoms with Gasteiger partial charge in [0.25, 0.3) is 0 Å². The quantitative estimate of drug-likeness (QED) is 0.750. The van der Waals surface area contributed by atoms with Crippen LogP contribution in [0, 0.1) is 0 Å². The van der Waals surface area contributed by atoms with Crippen molar-refractivity contribution >= 4 is 29.3 Å². The van der Waals surface area contributed by atoms with Crippen molar-refractivity contribution in [2.24, 2.45) is 0 Å². The highest BCUT2D eigenvalue weighted by Gasteiger charge is 2.17. The predicted molar refractivity (Wildman–Crippen MR) is 72.7 cm³/mol. The van der Waals surface area contributed by atoms with Crippen LogP contribution in [0.5, 0.6) is 0 Å². The highest BCUT2D eigenvalue weighted by Crippen LogP contribution is 2.36. The summed E-state index contributed by atoms with van der Waals surface area (Å²) >= 11 is 3.28. The van der Waals surface area contributed by atoms with E-state index in [-0.39, 0.29) is 5.78 Å². The molecule has 1 nitrogen and oxygen atoms in total. The summed E-state index contributed by atoms with van der Waals surface area (Å²) in [6.07, 6.45) is 4.80. The number of Topliss-reactive ketones (excluding diaryl/α,β-unsaturated/α-hetero) is 1. The van der Waals surface area contributed by atoms with E-state index >= 15 is 0 Å². The van der Waals surface area contributed by atoms with Crippen molar-refractivity contribution in [3.05, 3.63) is 57.2 Å². The average Bonchev–Trinajstić information content (AvgIpc) is 2.39. The van der Waals surface area contributed by atoms with Gasteiger partial charge in [0.05, 0.1) is 4.24 Å². The Morgan fingerprint density at radius 1 is 1.31 bits per heavy atom. The lowest BCUT2D eigenvalue weighted by Crippen LogP contribution is -2.05. The third-order valence-corrected chi connectivity index (χ3v) is 4.53. The highest BCUT2D eigenvalue weighted by molar-refractivity contribution is 8.23. The SMILES string of the molecule is CSC1=C(C(=O)c2ccccc2)CC=CS1. The Kier molecular flexibility index (Phi) is 3.91.